The molecule has 0 radical (unpaired) electrons. The van der Waals surface area contributed by atoms with Crippen LogP contribution in [0.2, 0.25) is 0 Å². The first-order valence-electron chi connectivity index (χ1n) is 8.71. The molecule has 0 saturated carbocycles. The van der Waals surface area contributed by atoms with Crippen molar-refractivity contribution < 1.29 is 4.79 Å². The van der Waals surface area contributed by atoms with Crippen molar-refractivity contribution >= 4 is 5.91 Å². The van der Waals surface area contributed by atoms with Crippen molar-refractivity contribution in [1.29, 1.82) is 0 Å². The van der Waals surface area contributed by atoms with Crippen molar-refractivity contribution in [2.75, 3.05) is 33.2 Å². The molecule has 0 bridgehead atoms. The zero-order valence-corrected chi connectivity index (χ0v) is 13.7. The first kappa shape index (κ1) is 15.5. The lowest BCUT2D eigenvalue weighted by atomic mass is 9.90. The van der Waals surface area contributed by atoms with Crippen LogP contribution in [-0.4, -0.2) is 48.9 Å². The molecule has 2 aliphatic heterocycles. The highest BCUT2D eigenvalue weighted by molar-refractivity contribution is 5.76. The Morgan fingerprint density at radius 3 is 2.36 bits per heavy atom. The molecule has 1 aromatic carbocycles. The van der Waals surface area contributed by atoms with Gasteiger partial charge in [-0.25, -0.2) is 0 Å². The number of likely N-dealkylation sites (tertiary alicyclic amines) is 2. The van der Waals surface area contributed by atoms with E-state index in [4.69, 9.17) is 0 Å². The molecular formula is C19H28N2O. The smallest absolute Gasteiger partial charge is 0.222 e. The monoisotopic (exact) mass is 300 g/mol. The maximum atomic E-state index is 12.4. The Hall–Kier alpha value is -1.35. The average Bonchev–Trinajstić information content (AvgIpc) is 2.94. The van der Waals surface area contributed by atoms with Crippen LogP contribution in [0.3, 0.4) is 0 Å². The Kier molecular flexibility index (Phi) is 5.14. The molecule has 0 aromatic heterocycles. The Morgan fingerprint density at radius 1 is 1.05 bits per heavy atom. The number of rotatable bonds is 4. The van der Waals surface area contributed by atoms with Crippen molar-refractivity contribution in [2.45, 2.75) is 32.1 Å². The molecule has 3 heteroatoms. The normalized spacial score (nSPS) is 23.9. The van der Waals surface area contributed by atoms with Crippen LogP contribution in [0.4, 0.5) is 0 Å². The van der Waals surface area contributed by atoms with Crippen LogP contribution in [0.25, 0.3) is 0 Å². The van der Waals surface area contributed by atoms with E-state index in [2.05, 4.69) is 47.2 Å². The molecule has 22 heavy (non-hydrogen) atoms. The molecule has 0 aliphatic carbocycles. The van der Waals surface area contributed by atoms with Crippen molar-refractivity contribution in [3.8, 4) is 0 Å². The van der Waals surface area contributed by atoms with Crippen LogP contribution < -0.4 is 0 Å². The summed E-state index contributed by atoms with van der Waals surface area (Å²) in [5.41, 5.74) is 1.43. The number of carbonyl (C=O) groups is 1. The Balaban J connectivity index is 1.42. The third-order valence-electron chi connectivity index (χ3n) is 5.29. The molecule has 1 amide bonds. The number of hydrogen-bond donors (Lipinski definition) is 0. The van der Waals surface area contributed by atoms with Gasteiger partial charge in [-0.3, -0.25) is 4.79 Å². The van der Waals surface area contributed by atoms with E-state index in [1.54, 1.807) is 0 Å². The number of carbonyl (C=O) groups excluding carboxylic acids is 1. The zero-order chi connectivity index (χ0) is 15.4. The third-order valence-corrected chi connectivity index (χ3v) is 5.29. The molecular weight excluding hydrogens is 272 g/mol. The summed E-state index contributed by atoms with van der Waals surface area (Å²) in [5.74, 6) is 1.71. The van der Waals surface area contributed by atoms with E-state index in [1.807, 2.05) is 0 Å². The summed E-state index contributed by atoms with van der Waals surface area (Å²) in [6, 6.07) is 10.7. The van der Waals surface area contributed by atoms with E-state index in [-0.39, 0.29) is 0 Å². The molecule has 1 atom stereocenters. The average molecular weight is 300 g/mol. The van der Waals surface area contributed by atoms with Gasteiger partial charge in [0.05, 0.1) is 0 Å². The highest BCUT2D eigenvalue weighted by Gasteiger charge is 2.27. The van der Waals surface area contributed by atoms with Crippen LogP contribution in [0.5, 0.6) is 0 Å². The molecule has 2 aliphatic rings. The number of benzene rings is 1. The number of hydrogen-bond acceptors (Lipinski definition) is 2. The fourth-order valence-corrected chi connectivity index (χ4v) is 3.90. The molecule has 120 valence electrons. The largest absolute Gasteiger partial charge is 0.343 e. The standard InChI is InChI=1S/C19H28N2O/c1-20-10-7-18(15-20)14-19(22)21-11-8-17(9-12-21)13-16-5-3-2-4-6-16/h2-6,17-18H,7-15H2,1H3. The molecule has 2 heterocycles. The van der Waals surface area contributed by atoms with Crippen molar-refractivity contribution in [1.82, 2.24) is 9.80 Å². The molecule has 0 N–H and O–H groups in total. The highest BCUT2D eigenvalue weighted by atomic mass is 16.2. The maximum Gasteiger partial charge on any atom is 0.222 e. The number of piperidine rings is 1. The van der Waals surface area contributed by atoms with Gasteiger partial charge in [-0.15, -0.1) is 0 Å². The van der Waals surface area contributed by atoms with Crippen LogP contribution >= 0.6 is 0 Å². The summed E-state index contributed by atoms with van der Waals surface area (Å²) >= 11 is 0. The quantitative estimate of drug-likeness (QED) is 0.853. The van der Waals surface area contributed by atoms with E-state index in [9.17, 15) is 4.79 Å². The Labute approximate surface area is 134 Å². The molecule has 3 rings (SSSR count). The lowest BCUT2D eigenvalue weighted by Gasteiger charge is -2.32. The van der Waals surface area contributed by atoms with E-state index < -0.39 is 0 Å². The lowest BCUT2D eigenvalue weighted by molar-refractivity contribution is -0.133. The van der Waals surface area contributed by atoms with Gasteiger partial charge in [0.2, 0.25) is 5.91 Å². The first-order chi connectivity index (χ1) is 10.7. The van der Waals surface area contributed by atoms with Gasteiger partial charge in [0.15, 0.2) is 0 Å². The molecule has 1 aromatic rings. The van der Waals surface area contributed by atoms with Gasteiger partial charge < -0.3 is 9.80 Å². The minimum atomic E-state index is 0.387. The van der Waals surface area contributed by atoms with Crippen LogP contribution in [-0.2, 0) is 11.2 Å². The predicted molar refractivity (Wildman–Crippen MR) is 89.7 cm³/mol. The minimum Gasteiger partial charge on any atom is -0.343 e. The topological polar surface area (TPSA) is 23.6 Å². The van der Waals surface area contributed by atoms with E-state index in [1.165, 1.54) is 12.0 Å². The van der Waals surface area contributed by atoms with Crippen molar-refractivity contribution in [2.24, 2.45) is 11.8 Å². The Bertz CT molecular complexity index is 479. The second-order valence-electron chi connectivity index (χ2n) is 7.13. The van der Waals surface area contributed by atoms with E-state index >= 15 is 0 Å². The van der Waals surface area contributed by atoms with Crippen LogP contribution in [0.15, 0.2) is 30.3 Å². The predicted octanol–water partition coefficient (Wildman–Crippen LogP) is 2.81. The van der Waals surface area contributed by atoms with E-state index in [0.29, 0.717) is 11.8 Å². The van der Waals surface area contributed by atoms with Crippen LogP contribution in [0.1, 0.15) is 31.2 Å². The van der Waals surface area contributed by atoms with Gasteiger partial charge in [-0.2, -0.15) is 0 Å². The lowest BCUT2D eigenvalue weighted by Crippen LogP contribution is -2.39. The third kappa shape index (κ3) is 4.10. The molecule has 1 unspecified atom stereocenters. The van der Waals surface area contributed by atoms with Crippen molar-refractivity contribution in [3.63, 3.8) is 0 Å². The van der Waals surface area contributed by atoms with Crippen molar-refractivity contribution in [3.05, 3.63) is 35.9 Å². The summed E-state index contributed by atoms with van der Waals surface area (Å²) in [5, 5.41) is 0. The minimum absolute atomic E-state index is 0.387. The first-order valence-corrected chi connectivity index (χ1v) is 8.71. The molecule has 0 spiro atoms. The molecule has 2 saturated heterocycles. The summed E-state index contributed by atoms with van der Waals surface area (Å²) in [6.45, 7) is 4.16. The number of nitrogens with zero attached hydrogens (tertiary/aromatic N) is 2. The summed E-state index contributed by atoms with van der Waals surface area (Å²) in [6.07, 6.45) is 5.42. The zero-order valence-electron chi connectivity index (χ0n) is 13.7. The second kappa shape index (κ2) is 7.28. The summed E-state index contributed by atoms with van der Waals surface area (Å²) in [4.78, 5) is 16.9. The second-order valence-corrected chi connectivity index (χ2v) is 7.13. The van der Waals surface area contributed by atoms with Gasteiger partial charge in [0.1, 0.15) is 0 Å². The fraction of sp³-hybridized carbons (Fsp3) is 0.632. The van der Waals surface area contributed by atoms with Gasteiger partial charge in [0.25, 0.3) is 0 Å². The van der Waals surface area contributed by atoms with Gasteiger partial charge >= 0.3 is 0 Å². The summed E-state index contributed by atoms with van der Waals surface area (Å²) < 4.78 is 0. The molecule has 3 nitrogen and oxygen atoms in total. The summed E-state index contributed by atoms with van der Waals surface area (Å²) in [7, 11) is 2.15. The van der Waals surface area contributed by atoms with E-state index in [0.717, 1.165) is 57.8 Å². The SMILES string of the molecule is CN1CCC(CC(=O)N2CCC(Cc3ccccc3)CC2)C1. The fourth-order valence-electron chi connectivity index (χ4n) is 3.90. The maximum absolute atomic E-state index is 12.4. The highest BCUT2D eigenvalue weighted by Crippen LogP contribution is 2.24. The van der Waals surface area contributed by atoms with Gasteiger partial charge in [-0.1, -0.05) is 30.3 Å². The molecule has 2 fully saturated rings. The van der Waals surface area contributed by atoms with Gasteiger partial charge in [-0.05, 0) is 56.7 Å². The number of amides is 1. The Morgan fingerprint density at radius 2 is 1.73 bits per heavy atom. The van der Waals surface area contributed by atoms with Crippen LogP contribution in [0, 0.1) is 11.8 Å². The van der Waals surface area contributed by atoms with Gasteiger partial charge in [0, 0.05) is 26.1 Å².